The molecule has 0 N–H and O–H groups in total. The lowest BCUT2D eigenvalue weighted by atomic mass is 10.2. The topological polar surface area (TPSA) is 87.2 Å². The molecule has 0 aliphatic carbocycles. The Kier molecular flexibility index (Phi) is 7.11. The van der Waals surface area contributed by atoms with Gasteiger partial charge in [0.1, 0.15) is 5.75 Å². The first-order valence-electron chi connectivity index (χ1n) is 11.6. The highest BCUT2D eigenvalue weighted by Gasteiger charge is 2.27. The highest BCUT2D eigenvalue weighted by molar-refractivity contribution is 7.91. The molecule has 2 aliphatic heterocycles. The van der Waals surface area contributed by atoms with Gasteiger partial charge in [-0.2, -0.15) is 0 Å². The van der Waals surface area contributed by atoms with Crippen LogP contribution >= 0.6 is 0 Å². The number of ether oxygens (including phenoxy) is 1. The van der Waals surface area contributed by atoms with Gasteiger partial charge in [-0.15, -0.1) is 0 Å². The Morgan fingerprint density at radius 1 is 0.971 bits per heavy atom. The summed E-state index contributed by atoms with van der Waals surface area (Å²) in [7, 11) is -1.96. The molecule has 1 saturated heterocycles. The fraction of sp³-hybridized carbons (Fsp3) is 0.440. The molecule has 8 nitrogen and oxygen atoms in total. The first-order valence-corrected chi connectivity index (χ1v) is 13.3. The van der Waals surface area contributed by atoms with E-state index in [0.29, 0.717) is 45.6 Å². The molecular weight excluding hydrogens is 454 g/mol. The molecule has 4 rings (SSSR count). The average Bonchev–Trinajstić information content (AvgIpc) is 3.30. The monoisotopic (exact) mass is 485 g/mol. The van der Waals surface area contributed by atoms with E-state index in [0.717, 1.165) is 22.7 Å². The molecule has 2 aromatic rings. The molecular formula is C25H31N3O5S. The van der Waals surface area contributed by atoms with Crippen molar-refractivity contribution in [3.63, 3.8) is 0 Å². The molecule has 2 aliphatic rings. The number of hydrogen-bond acceptors (Lipinski definition) is 6. The molecule has 9 heteroatoms. The normalized spacial score (nSPS) is 15.9. The van der Waals surface area contributed by atoms with Crippen LogP contribution in [0.4, 0.5) is 11.4 Å². The van der Waals surface area contributed by atoms with E-state index in [1.54, 1.807) is 35.1 Å². The summed E-state index contributed by atoms with van der Waals surface area (Å²) in [5.74, 6) is 0.455. The second-order valence-corrected chi connectivity index (χ2v) is 10.7. The summed E-state index contributed by atoms with van der Waals surface area (Å²) in [5.41, 5.74) is 2.70. The van der Waals surface area contributed by atoms with Crippen molar-refractivity contribution in [2.24, 2.45) is 0 Å². The third kappa shape index (κ3) is 5.04. The minimum atomic E-state index is -3.60. The summed E-state index contributed by atoms with van der Waals surface area (Å²) >= 11 is 0. The second-order valence-electron chi connectivity index (χ2n) is 8.58. The van der Waals surface area contributed by atoms with Crippen LogP contribution in [0.5, 0.6) is 5.75 Å². The minimum absolute atomic E-state index is 0.0338. The minimum Gasteiger partial charge on any atom is -0.497 e. The van der Waals surface area contributed by atoms with E-state index in [-0.39, 0.29) is 28.9 Å². The number of anilines is 2. The first kappa shape index (κ1) is 24.1. The van der Waals surface area contributed by atoms with Crippen molar-refractivity contribution in [2.75, 3.05) is 55.4 Å². The van der Waals surface area contributed by atoms with E-state index >= 15 is 0 Å². The van der Waals surface area contributed by atoms with Crippen molar-refractivity contribution in [2.45, 2.75) is 31.1 Å². The number of piperazine rings is 1. The highest BCUT2D eigenvalue weighted by atomic mass is 32.2. The molecule has 0 spiro atoms. The Balaban J connectivity index is 1.33. The van der Waals surface area contributed by atoms with Gasteiger partial charge in [0, 0.05) is 63.0 Å². The first-order chi connectivity index (χ1) is 16.3. The highest BCUT2D eigenvalue weighted by Crippen LogP contribution is 2.31. The SMILES string of the molecule is CCC(=O)N1CCc2cc(S(=O)(=O)CCC(=O)N3CCN(c4cccc(OC)c4)CC3)ccc21. The van der Waals surface area contributed by atoms with E-state index in [9.17, 15) is 18.0 Å². The Bertz CT molecular complexity index is 1170. The van der Waals surface area contributed by atoms with E-state index < -0.39 is 9.84 Å². The van der Waals surface area contributed by atoms with Crippen molar-refractivity contribution >= 4 is 33.0 Å². The molecule has 182 valence electrons. The third-order valence-corrected chi connectivity index (χ3v) is 8.26. The Labute approximate surface area is 201 Å². The lowest BCUT2D eigenvalue weighted by molar-refractivity contribution is -0.131. The van der Waals surface area contributed by atoms with Crippen LogP contribution in [0.2, 0.25) is 0 Å². The zero-order chi connectivity index (χ0) is 24.3. The number of sulfone groups is 1. The second kappa shape index (κ2) is 10.0. The predicted molar refractivity (Wildman–Crippen MR) is 131 cm³/mol. The lowest BCUT2D eigenvalue weighted by Gasteiger charge is -2.36. The molecule has 1 fully saturated rings. The van der Waals surface area contributed by atoms with Gasteiger partial charge >= 0.3 is 0 Å². The Hall–Kier alpha value is -3.07. The summed E-state index contributed by atoms with van der Waals surface area (Å²) in [4.78, 5) is 30.7. The number of hydrogen-bond donors (Lipinski definition) is 0. The van der Waals surface area contributed by atoms with E-state index in [4.69, 9.17) is 4.74 Å². The Morgan fingerprint density at radius 2 is 1.74 bits per heavy atom. The van der Waals surface area contributed by atoms with Gasteiger partial charge in [0.15, 0.2) is 9.84 Å². The predicted octanol–water partition coefficient (Wildman–Crippen LogP) is 2.51. The maximum Gasteiger partial charge on any atom is 0.226 e. The molecule has 2 aromatic carbocycles. The van der Waals surface area contributed by atoms with Gasteiger partial charge in [-0.3, -0.25) is 9.59 Å². The molecule has 0 atom stereocenters. The van der Waals surface area contributed by atoms with Gasteiger partial charge in [-0.1, -0.05) is 13.0 Å². The zero-order valence-electron chi connectivity index (χ0n) is 19.7. The van der Waals surface area contributed by atoms with Crippen molar-refractivity contribution in [3.05, 3.63) is 48.0 Å². The maximum atomic E-state index is 12.9. The quantitative estimate of drug-likeness (QED) is 0.599. The molecule has 2 amide bonds. The molecule has 0 unspecified atom stereocenters. The lowest BCUT2D eigenvalue weighted by Crippen LogP contribution is -2.49. The fourth-order valence-corrected chi connectivity index (χ4v) is 5.82. The van der Waals surface area contributed by atoms with Crippen LogP contribution in [0, 0.1) is 0 Å². The van der Waals surface area contributed by atoms with Crippen LogP contribution in [0.25, 0.3) is 0 Å². The van der Waals surface area contributed by atoms with Crippen LogP contribution in [0.3, 0.4) is 0 Å². The van der Waals surface area contributed by atoms with Gasteiger partial charge in [0.2, 0.25) is 11.8 Å². The maximum absolute atomic E-state index is 12.9. The van der Waals surface area contributed by atoms with Gasteiger partial charge in [0.05, 0.1) is 17.8 Å². The van der Waals surface area contributed by atoms with E-state index in [1.807, 2.05) is 31.2 Å². The number of rotatable bonds is 7. The van der Waals surface area contributed by atoms with Gasteiger partial charge in [0.25, 0.3) is 0 Å². The third-order valence-electron chi connectivity index (χ3n) is 6.54. The van der Waals surface area contributed by atoms with E-state index in [1.165, 1.54) is 0 Å². The zero-order valence-corrected chi connectivity index (χ0v) is 20.5. The standard InChI is InChI=1S/C25H31N3O5S/c1-3-24(29)28-11-9-19-17-22(7-8-23(19)28)34(31,32)16-10-25(30)27-14-12-26(13-15-27)20-5-4-6-21(18-20)33-2/h4-8,17-18H,3,9-16H2,1-2H3. The molecule has 0 bridgehead atoms. The summed E-state index contributed by atoms with van der Waals surface area (Å²) in [5, 5.41) is 0. The van der Waals surface area contributed by atoms with Crippen LogP contribution < -0.4 is 14.5 Å². The Morgan fingerprint density at radius 3 is 2.44 bits per heavy atom. The molecule has 2 heterocycles. The van der Waals surface area contributed by atoms with Gasteiger partial charge in [-0.05, 0) is 42.3 Å². The van der Waals surface area contributed by atoms with Crippen LogP contribution in [0.15, 0.2) is 47.4 Å². The summed E-state index contributed by atoms with van der Waals surface area (Å²) in [6.07, 6.45) is 1.01. The number of benzene rings is 2. The van der Waals surface area contributed by atoms with Gasteiger partial charge < -0.3 is 19.4 Å². The van der Waals surface area contributed by atoms with Crippen LogP contribution in [-0.4, -0.2) is 70.7 Å². The number of fused-ring (bicyclic) bond motifs is 1. The molecule has 0 radical (unpaired) electrons. The molecule has 0 saturated carbocycles. The number of carbonyl (C=O) groups is 2. The van der Waals surface area contributed by atoms with Crippen molar-refractivity contribution in [1.82, 2.24) is 4.90 Å². The number of methoxy groups -OCH3 is 1. The average molecular weight is 486 g/mol. The van der Waals surface area contributed by atoms with Crippen molar-refractivity contribution in [1.29, 1.82) is 0 Å². The molecule has 0 aromatic heterocycles. The largest absolute Gasteiger partial charge is 0.497 e. The van der Waals surface area contributed by atoms with Crippen LogP contribution in [0.1, 0.15) is 25.3 Å². The number of carbonyl (C=O) groups excluding carboxylic acids is 2. The number of amides is 2. The van der Waals surface area contributed by atoms with Crippen LogP contribution in [-0.2, 0) is 25.8 Å². The number of nitrogens with zero attached hydrogens (tertiary/aromatic N) is 3. The molecule has 34 heavy (non-hydrogen) atoms. The van der Waals surface area contributed by atoms with Gasteiger partial charge in [-0.25, -0.2) is 8.42 Å². The summed E-state index contributed by atoms with van der Waals surface area (Å²) in [6.45, 7) is 4.86. The summed E-state index contributed by atoms with van der Waals surface area (Å²) < 4.78 is 31.1. The summed E-state index contributed by atoms with van der Waals surface area (Å²) in [6, 6.07) is 12.7. The van der Waals surface area contributed by atoms with E-state index in [2.05, 4.69) is 4.90 Å². The van der Waals surface area contributed by atoms with Crippen molar-refractivity contribution < 1.29 is 22.7 Å². The fourth-order valence-electron chi connectivity index (χ4n) is 4.54. The van der Waals surface area contributed by atoms with Crippen molar-refractivity contribution in [3.8, 4) is 5.75 Å². The smallest absolute Gasteiger partial charge is 0.226 e.